The minimum Gasteiger partial charge on any atom is -0.384 e. The number of nitrogens with one attached hydrogen (secondary N) is 1. The molecule has 1 unspecified atom stereocenters. The Morgan fingerprint density at radius 2 is 2.13 bits per heavy atom. The van der Waals surface area contributed by atoms with E-state index >= 15 is 0 Å². The van der Waals surface area contributed by atoms with Crippen molar-refractivity contribution in [2.45, 2.75) is 6.10 Å². The maximum Gasteiger partial charge on any atom is 0.137 e. The first kappa shape index (κ1) is 8.44. The molecule has 2 aromatic rings. The molecule has 3 nitrogen and oxygen atoms in total. The van der Waals surface area contributed by atoms with Gasteiger partial charge in [-0.15, -0.1) is 0 Å². The second-order valence-corrected chi connectivity index (χ2v) is 3.55. The van der Waals surface area contributed by atoms with Crippen LogP contribution >= 0.6 is 0 Å². The molecule has 0 fully saturated rings. The molecular weight excluding hydrogens is 188 g/mol. The second-order valence-electron chi connectivity index (χ2n) is 3.55. The van der Waals surface area contributed by atoms with Crippen LogP contribution in [0, 0.1) is 0 Å². The van der Waals surface area contributed by atoms with Crippen LogP contribution < -0.4 is 0 Å². The number of benzene rings is 1. The zero-order valence-corrected chi connectivity index (χ0v) is 8.01. The minimum absolute atomic E-state index is 0.513. The van der Waals surface area contributed by atoms with Gasteiger partial charge in [-0.05, 0) is 17.2 Å². The van der Waals surface area contributed by atoms with Crippen molar-refractivity contribution in [2.24, 2.45) is 0 Å². The molecule has 0 aliphatic heterocycles. The van der Waals surface area contributed by atoms with E-state index in [4.69, 9.17) is 0 Å². The van der Waals surface area contributed by atoms with Gasteiger partial charge >= 0.3 is 0 Å². The van der Waals surface area contributed by atoms with Crippen molar-refractivity contribution in [1.29, 1.82) is 0 Å². The quantitative estimate of drug-likeness (QED) is 0.735. The molecule has 3 heteroatoms. The summed E-state index contributed by atoms with van der Waals surface area (Å²) in [7, 11) is 0. The predicted molar refractivity (Wildman–Crippen MR) is 57.1 cm³/mol. The average molecular weight is 198 g/mol. The summed E-state index contributed by atoms with van der Waals surface area (Å²) >= 11 is 0. The highest BCUT2D eigenvalue weighted by Crippen LogP contribution is 2.36. The fourth-order valence-electron chi connectivity index (χ4n) is 1.96. The number of hydrogen-bond acceptors (Lipinski definition) is 2. The van der Waals surface area contributed by atoms with Gasteiger partial charge in [-0.1, -0.05) is 24.3 Å². The lowest BCUT2D eigenvalue weighted by atomic mass is 10.1. The number of aromatic nitrogens is 2. The van der Waals surface area contributed by atoms with Gasteiger partial charge < -0.3 is 10.1 Å². The largest absolute Gasteiger partial charge is 0.384 e. The number of imidazole rings is 1. The Morgan fingerprint density at radius 1 is 1.27 bits per heavy atom. The lowest BCUT2D eigenvalue weighted by molar-refractivity contribution is 0.232. The van der Waals surface area contributed by atoms with Crippen molar-refractivity contribution >= 4 is 5.57 Å². The molecule has 1 aliphatic rings. The molecule has 0 radical (unpaired) electrons. The Kier molecular flexibility index (Phi) is 1.73. The molecule has 1 aliphatic carbocycles. The standard InChI is InChI=1S/C12H10N2O/c15-11-7-10(12-13-5-6-14-12)8-3-1-2-4-9(8)11/h1-7,11,15H,(H,13,14). The van der Waals surface area contributed by atoms with Crippen LogP contribution in [0.2, 0.25) is 0 Å². The molecule has 1 aromatic heterocycles. The highest BCUT2D eigenvalue weighted by atomic mass is 16.3. The topological polar surface area (TPSA) is 48.9 Å². The number of hydrogen-bond donors (Lipinski definition) is 2. The van der Waals surface area contributed by atoms with Gasteiger partial charge in [-0.25, -0.2) is 4.98 Å². The van der Waals surface area contributed by atoms with Crippen molar-refractivity contribution in [3.05, 3.63) is 59.7 Å². The predicted octanol–water partition coefficient (Wildman–Crippen LogP) is 1.89. The van der Waals surface area contributed by atoms with Crippen molar-refractivity contribution in [1.82, 2.24) is 9.97 Å². The number of aromatic amines is 1. The summed E-state index contributed by atoms with van der Waals surface area (Å²) in [6, 6.07) is 7.83. The first-order valence-corrected chi connectivity index (χ1v) is 4.85. The molecule has 0 saturated heterocycles. The van der Waals surface area contributed by atoms with Crippen molar-refractivity contribution in [3.8, 4) is 0 Å². The van der Waals surface area contributed by atoms with E-state index in [1.165, 1.54) is 0 Å². The van der Waals surface area contributed by atoms with E-state index in [1.54, 1.807) is 12.4 Å². The smallest absolute Gasteiger partial charge is 0.137 e. The van der Waals surface area contributed by atoms with Gasteiger partial charge in [-0.2, -0.15) is 0 Å². The molecule has 1 atom stereocenters. The van der Waals surface area contributed by atoms with E-state index in [0.29, 0.717) is 0 Å². The number of fused-ring (bicyclic) bond motifs is 1. The van der Waals surface area contributed by atoms with Gasteiger partial charge in [0.1, 0.15) is 5.82 Å². The Hall–Kier alpha value is -1.87. The number of H-pyrrole nitrogens is 1. The Labute approximate surface area is 87.1 Å². The van der Waals surface area contributed by atoms with Crippen molar-refractivity contribution in [3.63, 3.8) is 0 Å². The zero-order valence-electron chi connectivity index (χ0n) is 8.01. The summed E-state index contributed by atoms with van der Waals surface area (Å²) in [6.07, 6.45) is 4.80. The third-order valence-corrected chi connectivity index (χ3v) is 2.65. The van der Waals surface area contributed by atoms with E-state index < -0.39 is 6.10 Å². The first-order valence-electron chi connectivity index (χ1n) is 4.85. The summed E-state index contributed by atoms with van der Waals surface area (Å²) < 4.78 is 0. The van der Waals surface area contributed by atoms with Crippen LogP contribution in [-0.4, -0.2) is 15.1 Å². The van der Waals surface area contributed by atoms with E-state index in [1.807, 2.05) is 30.3 Å². The highest BCUT2D eigenvalue weighted by molar-refractivity contribution is 5.82. The molecule has 2 N–H and O–H groups in total. The second kappa shape index (κ2) is 3.07. The summed E-state index contributed by atoms with van der Waals surface area (Å²) in [5.74, 6) is 0.805. The SMILES string of the molecule is OC1C=C(c2ncc[nH]2)c2ccccc21. The third-order valence-electron chi connectivity index (χ3n) is 2.65. The third kappa shape index (κ3) is 1.21. The molecule has 0 spiro atoms. The summed E-state index contributed by atoms with van der Waals surface area (Å²) in [5.41, 5.74) is 2.98. The van der Waals surface area contributed by atoms with Crippen LogP contribution in [0.3, 0.4) is 0 Å². The monoisotopic (exact) mass is 198 g/mol. The molecule has 1 aromatic carbocycles. The van der Waals surface area contributed by atoms with E-state index in [2.05, 4.69) is 9.97 Å². The Balaban J connectivity index is 2.17. The van der Waals surface area contributed by atoms with E-state index in [-0.39, 0.29) is 0 Å². The molecule has 1 heterocycles. The fourth-order valence-corrected chi connectivity index (χ4v) is 1.96. The van der Waals surface area contributed by atoms with Gasteiger partial charge in [0.25, 0.3) is 0 Å². The van der Waals surface area contributed by atoms with Crippen LogP contribution in [0.4, 0.5) is 0 Å². The molecule has 0 saturated carbocycles. The maximum absolute atomic E-state index is 9.83. The van der Waals surface area contributed by atoms with Crippen LogP contribution in [0.5, 0.6) is 0 Å². The Morgan fingerprint density at radius 3 is 2.93 bits per heavy atom. The van der Waals surface area contributed by atoms with Crippen molar-refractivity contribution in [2.75, 3.05) is 0 Å². The molecule has 0 bridgehead atoms. The van der Waals surface area contributed by atoms with Crippen LogP contribution in [0.25, 0.3) is 5.57 Å². The zero-order chi connectivity index (χ0) is 10.3. The van der Waals surface area contributed by atoms with Gasteiger partial charge in [0, 0.05) is 18.0 Å². The molecule has 74 valence electrons. The lowest BCUT2D eigenvalue weighted by Crippen LogP contribution is -1.90. The molecular formula is C12H10N2O. The summed E-state index contributed by atoms with van der Waals surface area (Å²) in [4.78, 5) is 7.25. The summed E-state index contributed by atoms with van der Waals surface area (Å²) in [5, 5.41) is 9.83. The minimum atomic E-state index is -0.513. The number of nitrogens with zero attached hydrogens (tertiary/aromatic N) is 1. The van der Waals surface area contributed by atoms with Crippen LogP contribution in [-0.2, 0) is 0 Å². The normalized spacial score (nSPS) is 18.7. The Bertz CT molecular complexity index is 514. The van der Waals surface area contributed by atoms with E-state index in [0.717, 1.165) is 22.5 Å². The van der Waals surface area contributed by atoms with Gasteiger partial charge in [0.15, 0.2) is 0 Å². The average Bonchev–Trinajstić information content (AvgIpc) is 2.87. The number of aliphatic hydroxyl groups excluding tert-OH is 1. The number of rotatable bonds is 1. The van der Waals surface area contributed by atoms with Gasteiger partial charge in [0.05, 0.1) is 6.10 Å². The first-order chi connectivity index (χ1) is 7.36. The van der Waals surface area contributed by atoms with Gasteiger partial charge in [0.2, 0.25) is 0 Å². The summed E-state index contributed by atoms with van der Waals surface area (Å²) in [6.45, 7) is 0. The fraction of sp³-hybridized carbons (Fsp3) is 0.0833. The molecule has 3 rings (SSSR count). The van der Waals surface area contributed by atoms with Crippen LogP contribution in [0.15, 0.2) is 42.7 Å². The number of aliphatic hydroxyl groups is 1. The molecule has 0 amide bonds. The highest BCUT2D eigenvalue weighted by Gasteiger charge is 2.22. The molecule has 15 heavy (non-hydrogen) atoms. The van der Waals surface area contributed by atoms with Crippen molar-refractivity contribution < 1.29 is 5.11 Å². The van der Waals surface area contributed by atoms with Gasteiger partial charge in [-0.3, -0.25) is 0 Å². The van der Waals surface area contributed by atoms with Crippen LogP contribution in [0.1, 0.15) is 23.1 Å². The maximum atomic E-state index is 9.83. The lowest BCUT2D eigenvalue weighted by Gasteiger charge is -2.03. The van der Waals surface area contributed by atoms with E-state index in [9.17, 15) is 5.11 Å².